The van der Waals surface area contributed by atoms with Crippen molar-refractivity contribution >= 4 is 27.8 Å². The Morgan fingerprint density at radius 1 is 1.04 bits per heavy atom. The van der Waals surface area contributed by atoms with Crippen molar-refractivity contribution in [3.63, 3.8) is 0 Å². The molecule has 0 radical (unpaired) electrons. The zero-order valence-corrected chi connectivity index (χ0v) is 15.3. The molecule has 0 bridgehead atoms. The van der Waals surface area contributed by atoms with Crippen LogP contribution in [-0.2, 0) is 6.42 Å². The quantitative estimate of drug-likeness (QED) is 0.580. The molecule has 27 heavy (non-hydrogen) atoms. The number of pyridine rings is 1. The molecule has 2 aromatic heterocycles. The molecule has 1 amide bonds. The Bertz CT molecular complexity index is 1180. The first kappa shape index (κ1) is 17.1. The van der Waals surface area contributed by atoms with E-state index in [1.807, 2.05) is 50.2 Å². The van der Waals surface area contributed by atoms with Crippen LogP contribution in [0.2, 0.25) is 0 Å². The minimum Gasteiger partial charge on any atom is -0.451 e. The van der Waals surface area contributed by atoms with Crippen LogP contribution in [0.5, 0.6) is 0 Å². The Kier molecular flexibility index (Phi) is 4.28. The Hall–Kier alpha value is -3.34. The highest BCUT2D eigenvalue weighted by atomic mass is 16.3. The number of nitrogens with one attached hydrogen (secondary N) is 2. The number of benzene rings is 2. The summed E-state index contributed by atoms with van der Waals surface area (Å²) in [6.07, 6.45) is 0.449. The summed E-state index contributed by atoms with van der Waals surface area (Å²) in [5.41, 5.74) is 4.36. The summed E-state index contributed by atoms with van der Waals surface area (Å²) in [7, 11) is 0. The van der Waals surface area contributed by atoms with Gasteiger partial charge in [0.25, 0.3) is 11.5 Å². The van der Waals surface area contributed by atoms with Gasteiger partial charge in [0.05, 0.1) is 0 Å². The van der Waals surface area contributed by atoms with E-state index in [2.05, 4.69) is 16.4 Å². The first-order valence-electron chi connectivity index (χ1n) is 8.91. The zero-order chi connectivity index (χ0) is 19.0. The number of hydrogen-bond donors (Lipinski definition) is 2. The number of rotatable bonds is 4. The summed E-state index contributed by atoms with van der Waals surface area (Å²) in [6.45, 7) is 4.43. The number of furan rings is 1. The SMILES string of the molecule is Cc1cc2cc(CCNC(=O)c3cc4ccccc4o3)c(=O)[nH]c2cc1C. The number of aromatic nitrogens is 1. The Balaban J connectivity index is 1.48. The van der Waals surface area contributed by atoms with Crippen molar-refractivity contribution in [2.24, 2.45) is 0 Å². The van der Waals surface area contributed by atoms with Crippen LogP contribution in [0, 0.1) is 13.8 Å². The van der Waals surface area contributed by atoms with Crippen molar-refractivity contribution in [2.45, 2.75) is 20.3 Å². The van der Waals surface area contributed by atoms with E-state index in [9.17, 15) is 9.59 Å². The third-order valence-electron chi connectivity index (χ3n) is 4.86. The number of carbonyl (C=O) groups is 1. The van der Waals surface area contributed by atoms with Crippen molar-refractivity contribution < 1.29 is 9.21 Å². The maximum absolute atomic E-state index is 12.3. The van der Waals surface area contributed by atoms with Gasteiger partial charge < -0.3 is 14.7 Å². The molecule has 0 atom stereocenters. The van der Waals surface area contributed by atoms with Gasteiger partial charge in [-0.05, 0) is 67.1 Å². The molecule has 0 fully saturated rings. The number of H-pyrrole nitrogens is 1. The largest absolute Gasteiger partial charge is 0.451 e. The fourth-order valence-electron chi connectivity index (χ4n) is 3.20. The van der Waals surface area contributed by atoms with Gasteiger partial charge in [0.15, 0.2) is 5.76 Å². The minimum absolute atomic E-state index is 0.122. The molecule has 0 saturated carbocycles. The molecule has 4 rings (SSSR count). The second-order valence-electron chi connectivity index (χ2n) is 6.80. The molecule has 0 spiro atoms. The maximum atomic E-state index is 12.3. The van der Waals surface area contributed by atoms with Gasteiger partial charge in [0.1, 0.15) is 5.58 Å². The predicted molar refractivity (Wildman–Crippen MR) is 106 cm³/mol. The summed E-state index contributed by atoms with van der Waals surface area (Å²) in [5.74, 6) is -0.00962. The van der Waals surface area contributed by atoms with Gasteiger partial charge in [-0.3, -0.25) is 9.59 Å². The number of amides is 1. The van der Waals surface area contributed by atoms with E-state index in [1.165, 1.54) is 5.56 Å². The number of aromatic amines is 1. The van der Waals surface area contributed by atoms with Crippen LogP contribution in [0.4, 0.5) is 0 Å². The van der Waals surface area contributed by atoms with Crippen LogP contribution >= 0.6 is 0 Å². The molecular weight excluding hydrogens is 340 g/mol. The topological polar surface area (TPSA) is 75.1 Å². The second kappa shape index (κ2) is 6.76. The molecule has 2 N–H and O–H groups in total. The smallest absolute Gasteiger partial charge is 0.287 e. The highest BCUT2D eigenvalue weighted by molar-refractivity contribution is 5.96. The number of hydrogen-bond acceptors (Lipinski definition) is 3. The molecule has 136 valence electrons. The Labute approximate surface area is 156 Å². The molecule has 0 unspecified atom stereocenters. The average Bonchev–Trinajstić information content (AvgIpc) is 3.08. The van der Waals surface area contributed by atoms with Gasteiger partial charge >= 0.3 is 0 Å². The average molecular weight is 360 g/mol. The first-order chi connectivity index (χ1) is 13.0. The molecule has 0 aliphatic carbocycles. The van der Waals surface area contributed by atoms with E-state index >= 15 is 0 Å². The Morgan fingerprint density at radius 2 is 1.81 bits per heavy atom. The minimum atomic E-state index is -0.283. The molecule has 0 saturated heterocycles. The number of para-hydroxylation sites is 1. The van der Waals surface area contributed by atoms with Crippen LogP contribution < -0.4 is 10.9 Å². The molecule has 0 aliphatic rings. The van der Waals surface area contributed by atoms with Crippen LogP contribution in [0.3, 0.4) is 0 Å². The molecule has 0 aliphatic heterocycles. The molecule has 2 heterocycles. The van der Waals surface area contributed by atoms with E-state index in [0.29, 0.717) is 24.1 Å². The van der Waals surface area contributed by atoms with Gasteiger partial charge in [-0.2, -0.15) is 0 Å². The molecule has 4 aromatic rings. The van der Waals surface area contributed by atoms with Crippen molar-refractivity contribution in [3.05, 3.63) is 81.3 Å². The van der Waals surface area contributed by atoms with Gasteiger partial charge in [0, 0.05) is 23.0 Å². The normalized spacial score (nSPS) is 11.2. The van der Waals surface area contributed by atoms with Crippen LogP contribution in [0.25, 0.3) is 21.9 Å². The first-order valence-corrected chi connectivity index (χ1v) is 8.91. The Morgan fingerprint density at radius 3 is 2.63 bits per heavy atom. The second-order valence-corrected chi connectivity index (χ2v) is 6.80. The molecule has 2 aromatic carbocycles. The monoisotopic (exact) mass is 360 g/mol. The fourth-order valence-corrected chi connectivity index (χ4v) is 3.20. The summed E-state index contributed by atoms with van der Waals surface area (Å²) in [6, 6.07) is 15.2. The van der Waals surface area contributed by atoms with Crippen LogP contribution in [0.15, 0.2) is 57.7 Å². The lowest BCUT2D eigenvalue weighted by molar-refractivity contribution is 0.0928. The predicted octanol–water partition coefficient (Wildman–Crippen LogP) is 3.86. The van der Waals surface area contributed by atoms with Crippen molar-refractivity contribution in [2.75, 3.05) is 6.54 Å². The van der Waals surface area contributed by atoms with E-state index in [0.717, 1.165) is 21.9 Å². The number of aryl methyl sites for hydroxylation is 2. The van der Waals surface area contributed by atoms with Gasteiger partial charge in [-0.15, -0.1) is 0 Å². The van der Waals surface area contributed by atoms with E-state index in [-0.39, 0.29) is 17.2 Å². The fraction of sp³-hybridized carbons (Fsp3) is 0.182. The van der Waals surface area contributed by atoms with E-state index in [1.54, 1.807) is 6.07 Å². The summed E-state index contributed by atoms with van der Waals surface area (Å²) in [4.78, 5) is 27.5. The lowest BCUT2D eigenvalue weighted by Gasteiger charge is -2.07. The van der Waals surface area contributed by atoms with Crippen molar-refractivity contribution in [3.8, 4) is 0 Å². The molecular formula is C22H20N2O3. The third-order valence-corrected chi connectivity index (χ3v) is 4.86. The standard InChI is InChI=1S/C22H20N2O3/c1-13-9-17-11-16(21(25)24-18(17)10-14(13)2)7-8-23-22(26)20-12-15-5-3-4-6-19(15)27-20/h3-6,9-12H,7-8H2,1-2H3,(H,23,26)(H,24,25). The highest BCUT2D eigenvalue weighted by Crippen LogP contribution is 2.19. The molecule has 5 nitrogen and oxygen atoms in total. The summed E-state index contributed by atoms with van der Waals surface area (Å²) >= 11 is 0. The third kappa shape index (κ3) is 3.36. The van der Waals surface area contributed by atoms with E-state index < -0.39 is 0 Å². The van der Waals surface area contributed by atoms with Crippen molar-refractivity contribution in [1.29, 1.82) is 0 Å². The van der Waals surface area contributed by atoms with Gasteiger partial charge in [0.2, 0.25) is 0 Å². The lowest BCUT2D eigenvalue weighted by Crippen LogP contribution is -2.27. The van der Waals surface area contributed by atoms with E-state index in [4.69, 9.17) is 4.42 Å². The summed E-state index contributed by atoms with van der Waals surface area (Å²) < 4.78 is 5.56. The number of carbonyl (C=O) groups excluding carboxylic acids is 1. The molecule has 5 heteroatoms. The van der Waals surface area contributed by atoms with Crippen LogP contribution in [0.1, 0.15) is 27.2 Å². The highest BCUT2D eigenvalue weighted by Gasteiger charge is 2.12. The number of fused-ring (bicyclic) bond motifs is 2. The van der Waals surface area contributed by atoms with Crippen molar-refractivity contribution in [1.82, 2.24) is 10.3 Å². The zero-order valence-electron chi connectivity index (χ0n) is 15.3. The lowest BCUT2D eigenvalue weighted by atomic mass is 10.0. The summed E-state index contributed by atoms with van der Waals surface area (Å²) in [5, 5.41) is 4.70. The van der Waals surface area contributed by atoms with Gasteiger partial charge in [-0.1, -0.05) is 18.2 Å². The van der Waals surface area contributed by atoms with Gasteiger partial charge in [-0.25, -0.2) is 0 Å². The maximum Gasteiger partial charge on any atom is 0.287 e. The van der Waals surface area contributed by atoms with Crippen LogP contribution in [-0.4, -0.2) is 17.4 Å².